The molecule has 1 atom stereocenters. The van der Waals surface area contributed by atoms with Crippen molar-refractivity contribution in [2.45, 2.75) is 64.9 Å². The number of nitrogens with zero attached hydrogens (tertiary/aromatic N) is 1. The molecule has 2 aliphatic rings. The number of hydrogen-bond acceptors (Lipinski definition) is 6. The van der Waals surface area contributed by atoms with E-state index in [1.807, 2.05) is 18.7 Å². The zero-order valence-corrected chi connectivity index (χ0v) is 19.2. The number of ether oxygens (including phenoxy) is 2. The summed E-state index contributed by atoms with van der Waals surface area (Å²) in [6.07, 6.45) is 5.90. The number of piperidine rings is 1. The van der Waals surface area contributed by atoms with Crippen LogP contribution in [0, 0.1) is 17.2 Å². The molecule has 1 amide bonds. The van der Waals surface area contributed by atoms with E-state index >= 15 is 0 Å². The molecule has 2 fully saturated rings. The van der Waals surface area contributed by atoms with Gasteiger partial charge in [-0.1, -0.05) is 0 Å². The molecule has 7 nitrogen and oxygen atoms in total. The van der Waals surface area contributed by atoms with Gasteiger partial charge in [0.2, 0.25) is 6.41 Å². The highest BCUT2D eigenvalue weighted by molar-refractivity contribution is 5.94. The SMILES string of the molecule is CC(C)OC(O)N1CCC2(CC1)CC(CCCOc1ccc(C(=O)NCCO)c(F)c1)C2. The van der Waals surface area contributed by atoms with Gasteiger partial charge in [-0.05, 0) is 75.8 Å². The Morgan fingerprint density at radius 3 is 2.66 bits per heavy atom. The minimum Gasteiger partial charge on any atom is -0.493 e. The fourth-order valence-corrected chi connectivity index (χ4v) is 4.92. The fraction of sp³-hybridized carbons (Fsp3) is 0.708. The van der Waals surface area contributed by atoms with Gasteiger partial charge in [0, 0.05) is 25.7 Å². The van der Waals surface area contributed by atoms with Crippen molar-refractivity contribution in [3.05, 3.63) is 29.6 Å². The molecule has 1 saturated heterocycles. The van der Waals surface area contributed by atoms with Crippen molar-refractivity contribution < 1.29 is 28.9 Å². The molecule has 3 rings (SSSR count). The average molecular weight is 453 g/mol. The van der Waals surface area contributed by atoms with Crippen molar-refractivity contribution in [3.8, 4) is 5.75 Å². The average Bonchev–Trinajstić information content (AvgIpc) is 2.73. The lowest BCUT2D eigenvalue weighted by Gasteiger charge is -2.53. The van der Waals surface area contributed by atoms with Crippen LogP contribution in [0.15, 0.2) is 18.2 Å². The van der Waals surface area contributed by atoms with Crippen molar-refractivity contribution >= 4 is 5.91 Å². The Bertz CT molecular complexity index is 744. The minimum absolute atomic E-state index is 0.0157. The van der Waals surface area contributed by atoms with Gasteiger partial charge in [0.15, 0.2) is 0 Å². The molecule has 32 heavy (non-hydrogen) atoms. The topological polar surface area (TPSA) is 91.3 Å². The highest BCUT2D eigenvalue weighted by atomic mass is 19.1. The van der Waals surface area contributed by atoms with Gasteiger partial charge < -0.3 is 25.0 Å². The van der Waals surface area contributed by atoms with Crippen molar-refractivity contribution in [2.75, 3.05) is 32.8 Å². The highest BCUT2D eigenvalue weighted by Crippen LogP contribution is 2.54. The zero-order chi connectivity index (χ0) is 23.1. The van der Waals surface area contributed by atoms with Gasteiger partial charge in [0.1, 0.15) is 11.6 Å². The first-order chi connectivity index (χ1) is 15.3. The van der Waals surface area contributed by atoms with Gasteiger partial charge in [-0.25, -0.2) is 4.39 Å². The van der Waals surface area contributed by atoms with Gasteiger partial charge in [-0.15, -0.1) is 0 Å². The number of aliphatic hydroxyl groups excluding tert-OH is 2. The third kappa shape index (κ3) is 6.63. The third-order valence-electron chi connectivity index (χ3n) is 6.62. The Hall–Kier alpha value is -1.74. The maximum absolute atomic E-state index is 14.1. The standard InChI is InChI=1S/C24H37FN2O5/c1-17(2)32-23(30)27-10-7-24(8-11-27)15-18(16-24)4-3-13-31-19-5-6-20(21(25)14-19)22(29)26-9-12-28/h5-6,14,17-18,23,28,30H,3-4,7-13,15-16H2,1-2H3,(H,26,29). The third-order valence-corrected chi connectivity index (χ3v) is 6.62. The first-order valence-electron chi connectivity index (χ1n) is 11.7. The summed E-state index contributed by atoms with van der Waals surface area (Å²) in [5.41, 5.74) is 0.370. The largest absolute Gasteiger partial charge is 0.493 e. The second-order valence-corrected chi connectivity index (χ2v) is 9.43. The Balaban J connectivity index is 1.32. The summed E-state index contributed by atoms with van der Waals surface area (Å²) in [5, 5.41) is 21.3. The van der Waals surface area contributed by atoms with Crippen LogP contribution in [0.4, 0.5) is 4.39 Å². The van der Waals surface area contributed by atoms with Crippen LogP contribution < -0.4 is 10.1 Å². The number of nitrogens with one attached hydrogen (secondary N) is 1. The number of aliphatic hydroxyl groups is 2. The predicted octanol–water partition coefficient (Wildman–Crippen LogP) is 2.90. The maximum Gasteiger partial charge on any atom is 0.254 e. The molecule has 1 aromatic carbocycles. The van der Waals surface area contributed by atoms with E-state index in [-0.39, 0.29) is 24.8 Å². The van der Waals surface area contributed by atoms with E-state index in [1.54, 1.807) is 6.07 Å². The Kier molecular flexibility index (Phi) is 8.87. The Labute approximate surface area is 189 Å². The van der Waals surface area contributed by atoms with Crippen LogP contribution in [0.25, 0.3) is 0 Å². The minimum atomic E-state index is -0.797. The van der Waals surface area contributed by atoms with Crippen LogP contribution in [0.3, 0.4) is 0 Å². The van der Waals surface area contributed by atoms with E-state index in [4.69, 9.17) is 14.6 Å². The van der Waals surface area contributed by atoms with Crippen molar-refractivity contribution in [2.24, 2.45) is 11.3 Å². The molecular formula is C24H37FN2O5. The molecule has 1 heterocycles. The van der Waals surface area contributed by atoms with Gasteiger partial charge >= 0.3 is 0 Å². The van der Waals surface area contributed by atoms with Crippen LogP contribution in [-0.4, -0.2) is 66.4 Å². The summed E-state index contributed by atoms with van der Waals surface area (Å²) in [7, 11) is 0. The second-order valence-electron chi connectivity index (χ2n) is 9.43. The van der Waals surface area contributed by atoms with E-state index in [0.717, 1.165) is 38.8 Å². The van der Waals surface area contributed by atoms with Gasteiger partial charge in [-0.3, -0.25) is 9.69 Å². The summed E-state index contributed by atoms with van der Waals surface area (Å²) in [6, 6.07) is 4.24. The summed E-state index contributed by atoms with van der Waals surface area (Å²) < 4.78 is 25.3. The van der Waals surface area contributed by atoms with Crippen molar-refractivity contribution in [1.82, 2.24) is 10.2 Å². The number of likely N-dealkylation sites (tertiary alicyclic amines) is 1. The second kappa shape index (κ2) is 11.4. The van der Waals surface area contributed by atoms with Crippen LogP contribution in [0.1, 0.15) is 62.7 Å². The lowest BCUT2D eigenvalue weighted by Crippen LogP contribution is -2.51. The van der Waals surface area contributed by atoms with E-state index in [0.29, 0.717) is 23.7 Å². The van der Waals surface area contributed by atoms with Crippen LogP contribution in [-0.2, 0) is 4.74 Å². The number of carbonyl (C=O) groups excluding carboxylic acids is 1. The number of hydrogen-bond donors (Lipinski definition) is 3. The number of benzene rings is 1. The van der Waals surface area contributed by atoms with E-state index in [1.165, 1.54) is 25.0 Å². The number of carbonyl (C=O) groups is 1. The molecule has 8 heteroatoms. The van der Waals surface area contributed by atoms with Crippen molar-refractivity contribution in [3.63, 3.8) is 0 Å². The molecule has 0 aromatic heterocycles. The summed E-state index contributed by atoms with van der Waals surface area (Å²) in [4.78, 5) is 13.8. The summed E-state index contributed by atoms with van der Waals surface area (Å²) >= 11 is 0. The molecule has 1 aliphatic heterocycles. The summed E-state index contributed by atoms with van der Waals surface area (Å²) in [6.45, 7) is 6.04. The smallest absolute Gasteiger partial charge is 0.254 e. The molecule has 1 saturated carbocycles. The van der Waals surface area contributed by atoms with Crippen LogP contribution >= 0.6 is 0 Å². The number of amides is 1. The molecular weight excluding hydrogens is 415 g/mol. The van der Waals surface area contributed by atoms with Gasteiger partial charge in [0.05, 0.1) is 24.9 Å². The van der Waals surface area contributed by atoms with Crippen molar-refractivity contribution in [1.29, 1.82) is 0 Å². The molecule has 1 spiro atoms. The maximum atomic E-state index is 14.1. The van der Waals surface area contributed by atoms with Gasteiger partial charge in [0.25, 0.3) is 5.91 Å². The van der Waals surface area contributed by atoms with Gasteiger partial charge in [-0.2, -0.15) is 0 Å². The van der Waals surface area contributed by atoms with E-state index in [9.17, 15) is 14.3 Å². The quantitative estimate of drug-likeness (QED) is 0.353. The molecule has 0 radical (unpaired) electrons. The zero-order valence-electron chi connectivity index (χ0n) is 19.2. The van der Waals surface area contributed by atoms with Crippen LogP contribution in [0.2, 0.25) is 0 Å². The number of halogens is 1. The molecule has 3 N–H and O–H groups in total. The lowest BCUT2D eigenvalue weighted by molar-refractivity contribution is -0.224. The predicted molar refractivity (Wildman–Crippen MR) is 119 cm³/mol. The Morgan fingerprint density at radius 1 is 1.31 bits per heavy atom. The van der Waals surface area contributed by atoms with E-state index < -0.39 is 18.1 Å². The molecule has 180 valence electrons. The molecule has 1 aliphatic carbocycles. The highest BCUT2D eigenvalue weighted by Gasteiger charge is 2.45. The number of rotatable bonds is 11. The monoisotopic (exact) mass is 452 g/mol. The Morgan fingerprint density at radius 2 is 2.03 bits per heavy atom. The molecule has 0 bridgehead atoms. The normalized spacial score (nSPS) is 19.7. The fourth-order valence-electron chi connectivity index (χ4n) is 4.92. The summed E-state index contributed by atoms with van der Waals surface area (Å²) in [5.74, 6) is -0.0545. The molecule has 1 unspecified atom stereocenters. The first-order valence-corrected chi connectivity index (χ1v) is 11.7. The lowest BCUT2D eigenvalue weighted by atomic mass is 9.56. The molecule has 1 aromatic rings. The first kappa shape index (κ1) is 24.9. The van der Waals surface area contributed by atoms with E-state index in [2.05, 4.69) is 5.32 Å². The van der Waals surface area contributed by atoms with Crippen LogP contribution in [0.5, 0.6) is 5.75 Å².